The van der Waals surface area contributed by atoms with Gasteiger partial charge in [-0.2, -0.15) is 5.10 Å². The second-order valence-corrected chi connectivity index (χ2v) is 5.51. The van der Waals surface area contributed by atoms with Crippen molar-refractivity contribution in [3.05, 3.63) is 42.1 Å². The molecule has 0 bridgehead atoms. The summed E-state index contributed by atoms with van der Waals surface area (Å²) in [5, 5.41) is 8.05. The van der Waals surface area contributed by atoms with Gasteiger partial charge >= 0.3 is 0 Å². The number of aryl methyl sites for hydroxylation is 1. The standard InChI is InChI=1S/C16H18N6O2/c1-11-17-7-8-22(11)14-9-12(5-6-18-14)10-19-16(24)13-3-4-15(23)21(2)20-13/h5-9H,3-4,10H2,1-2H3,(H,19,24). The van der Waals surface area contributed by atoms with Crippen LogP contribution in [-0.4, -0.2) is 44.1 Å². The number of carbonyl (C=O) groups excluding carboxylic acids is 2. The largest absolute Gasteiger partial charge is 0.347 e. The summed E-state index contributed by atoms with van der Waals surface area (Å²) >= 11 is 0. The van der Waals surface area contributed by atoms with Crippen molar-refractivity contribution in [2.45, 2.75) is 26.3 Å². The Morgan fingerprint density at radius 2 is 2.12 bits per heavy atom. The van der Waals surface area contributed by atoms with E-state index < -0.39 is 0 Å². The van der Waals surface area contributed by atoms with Crippen LogP contribution in [0.3, 0.4) is 0 Å². The number of aromatic nitrogens is 3. The predicted octanol–water partition coefficient (Wildman–Crippen LogP) is 0.800. The van der Waals surface area contributed by atoms with Gasteiger partial charge in [0.15, 0.2) is 0 Å². The van der Waals surface area contributed by atoms with Crippen LogP contribution in [0, 0.1) is 6.92 Å². The first-order valence-electron chi connectivity index (χ1n) is 7.62. The third-order valence-corrected chi connectivity index (χ3v) is 3.80. The van der Waals surface area contributed by atoms with Gasteiger partial charge in [0.05, 0.1) is 0 Å². The fourth-order valence-corrected chi connectivity index (χ4v) is 2.44. The average molecular weight is 326 g/mol. The Morgan fingerprint density at radius 3 is 2.83 bits per heavy atom. The van der Waals surface area contributed by atoms with Gasteiger partial charge in [0.25, 0.3) is 5.91 Å². The van der Waals surface area contributed by atoms with Crippen LogP contribution in [0.2, 0.25) is 0 Å². The monoisotopic (exact) mass is 326 g/mol. The quantitative estimate of drug-likeness (QED) is 0.899. The number of carbonyl (C=O) groups is 2. The number of nitrogens with one attached hydrogen (secondary N) is 1. The summed E-state index contributed by atoms with van der Waals surface area (Å²) in [5.41, 5.74) is 1.29. The number of hydrogen-bond acceptors (Lipinski definition) is 5. The molecule has 0 saturated carbocycles. The SMILES string of the molecule is Cc1nccn1-c1cc(CNC(=O)C2=NN(C)C(=O)CC2)ccn1. The average Bonchev–Trinajstić information content (AvgIpc) is 3.01. The molecule has 0 radical (unpaired) electrons. The zero-order valence-electron chi connectivity index (χ0n) is 13.6. The minimum atomic E-state index is -0.258. The fourth-order valence-electron chi connectivity index (χ4n) is 2.44. The van der Waals surface area contributed by atoms with Crippen LogP contribution in [0.5, 0.6) is 0 Å². The van der Waals surface area contributed by atoms with Crippen molar-refractivity contribution in [2.24, 2.45) is 5.10 Å². The Hall–Kier alpha value is -3.03. The highest BCUT2D eigenvalue weighted by atomic mass is 16.2. The Morgan fingerprint density at radius 1 is 1.29 bits per heavy atom. The summed E-state index contributed by atoms with van der Waals surface area (Å²) < 4.78 is 1.87. The summed E-state index contributed by atoms with van der Waals surface area (Å²) in [6, 6.07) is 3.74. The van der Waals surface area contributed by atoms with Crippen LogP contribution < -0.4 is 5.32 Å². The van der Waals surface area contributed by atoms with E-state index in [0.29, 0.717) is 25.1 Å². The van der Waals surface area contributed by atoms with Gasteiger partial charge in [-0.15, -0.1) is 0 Å². The number of pyridine rings is 1. The molecule has 124 valence electrons. The molecule has 0 aromatic carbocycles. The van der Waals surface area contributed by atoms with Gasteiger partial charge in [0.2, 0.25) is 5.91 Å². The summed E-state index contributed by atoms with van der Waals surface area (Å²) in [4.78, 5) is 32.1. The van der Waals surface area contributed by atoms with Crippen LogP contribution in [0.25, 0.3) is 5.82 Å². The number of hydrogen-bond donors (Lipinski definition) is 1. The van der Waals surface area contributed by atoms with E-state index >= 15 is 0 Å². The maximum absolute atomic E-state index is 12.2. The number of imidazole rings is 1. The van der Waals surface area contributed by atoms with E-state index in [-0.39, 0.29) is 11.8 Å². The minimum Gasteiger partial charge on any atom is -0.347 e. The molecule has 2 aromatic heterocycles. The lowest BCUT2D eigenvalue weighted by Crippen LogP contribution is -2.37. The molecule has 3 rings (SSSR count). The highest BCUT2D eigenvalue weighted by Gasteiger charge is 2.21. The van der Waals surface area contributed by atoms with Crippen LogP contribution in [-0.2, 0) is 16.1 Å². The highest BCUT2D eigenvalue weighted by Crippen LogP contribution is 2.10. The summed E-state index contributed by atoms with van der Waals surface area (Å²) in [6.07, 6.45) is 5.92. The van der Waals surface area contributed by atoms with Crippen molar-refractivity contribution in [1.82, 2.24) is 24.9 Å². The molecule has 0 saturated heterocycles. The summed E-state index contributed by atoms with van der Waals surface area (Å²) in [6.45, 7) is 2.26. The van der Waals surface area contributed by atoms with Crippen molar-refractivity contribution < 1.29 is 9.59 Å². The van der Waals surface area contributed by atoms with Gasteiger partial charge in [-0.25, -0.2) is 15.0 Å². The first-order valence-corrected chi connectivity index (χ1v) is 7.62. The van der Waals surface area contributed by atoms with Gasteiger partial charge in [0.1, 0.15) is 17.4 Å². The van der Waals surface area contributed by atoms with Crippen molar-refractivity contribution in [1.29, 1.82) is 0 Å². The summed E-state index contributed by atoms with van der Waals surface area (Å²) in [7, 11) is 1.55. The summed E-state index contributed by atoms with van der Waals surface area (Å²) in [5.74, 6) is 1.25. The minimum absolute atomic E-state index is 0.0824. The Kier molecular flexibility index (Phi) is 4.37. The van der Waals surface area contributed by atoms with Gasteiger partial charge < -0.3 is 5.32 Å². The number of amides is 2. The Labute approximate surface area is 139 Å². The number of nitrogens with zero attached hydrogens (tertiary/aromatic N) is 5. The van der Waals surface area contributed by atoms with E-state index in [4.69, 9.17) is 0 Å². The molecule has 1 aliphatic heterocycles. The molecule has 0 fully saturated rings. The maximum Gasteiger partial charge on any atom is 0.267 e. The lowest BCUT2D eigenvalue weighted by atomic mass is 10.1. The van der Waals surface area contributed by atoms with Gasteiger partial charge in [-0.1, -0.05) is 0 Å². The maximum atomic E-state index is 12.2. The molecule has 8 nitrogen and oxygen atoms in total. The van der Waals surface area contributed by atoms with E-state index in [1.54, 1.807) is 19.4 Å². The van der Waals surface area contributed by atoms with Crippen molar-refractivity contribution >= 4 is 17.5 Å². The van der Waals surface area contributed by atoms with E-state index in [1.807, 2.05) is 29.8 Å². The molecular weight excluding hydrogens is 308 g/mol. The van der Waals surface area contributed by atoms with Gasteiger partial charge in [-0.3, -0.25) is 14.2 Å². The van der Waals surface area contributed by atoms with Crippen molar-refractivity contribution in [3.8, 4) is 5.82 Å². The fraction of sp³-hybridized carbons (Fsp3) is 0.312. The molecular formula is C16H18N6O2. The first-order chi connectivity index (χ1) is 11.5. The molecule has 8 heteroatoms. The molecule has 3 heterocycles. The van der Waals surface area contributed by atoms with E-state index in [0.717, 1.165) is 17.2 Å². The van der Waals surface area contributed by atoms with Crippen LogP contribution in [0.4, 0.5) is 0 Å². The van der Waals surface area contributed by atoms with Crippen molar-refractivity contribution in [2.75, 3.05) is 7.05 Å². The van der Waals surface area contributed by atoms with Gasteiger partial charge in [0, 0.05) is 45.0 Å². The smallest absolute Gasteiger partial charge is 0.267 e. The second-order valence-electron chi connectivity index (χ2n) is 5.51. The lowest BCUT2D eigenvalue weighted by Gasteiger charge is -2.18. The molecule has 24 heavy (non-hydrogen) atoms. The molecule has 1 N–H and O–H groups in total. The number of hydrazone groups is 1. The van der Waals surface area contributed by atoms with Crippen LogP contribution in [0.1, 0.15) is 24.2 Å². The Bertz CT molecular complexity index is 810. The van der Waals surface area contributed by atoms with Crippen LogP contribution in [0.15, 0.2) is 35.8 Å². The van der Waals surface area contributed by atoms with Gasteiger partial charge in [-0.05, 0) is 24.6 Å². The highest BCUT2D eigenvalue weighted by molar-refractivity contribution is 6.39. The molecule has 0 unspecified atom stereocenters. The molecule has 0 atom stereocenters. The van der Waals surface area contributed by atoms with E-state index in [2.05, 4.69) is 20.4 Å². The molecule has 0 aliphatic carbocycles. The van der Waals surface area contributed by atoms with E-state index in [9.17, 15) is 9.59 Å². The first kappa shape index (κ1) is 15.9. The Balaban J connectivity index is 1.67. The zero-order valence-corrected chi connectivity index (χ0v) is 13.6. The zero-order chi connectivity index (χ0) is 17.1. The second kappa shape index (κ2) is 6.61. The van der Waals surface area contributed by atoms with Crippen LogP contribution >= 0.6 is 0 Å². The topological polar surface area (TPSA) is 92.5 Å². The third-order valence-electron chi connectivity index (χ3n) is 3.80. The molecule has 2 aromatic rings. The predicted molar refractivity (Wildman–Crippen MR) is 87.4 cm³/mol. The van der Waals surface area contributed by atoms with Crippen molar-refractivity contribution in [3.63, 3.8) is 0 Å². The molecule has 0 spiro atoms. The molecule has 1 aliphatic rings. The van der Waals surface area contributed by atoms with E-state index in [1.165, 1.54) is 5.01 Å². The number of rotatable bonds is 4. The molecule has 2 amide bonds. The third kappa shape index (κ3) is 3.32. The lowest BCUT2D eigenvalue weighted by molar-refractivity contribution is -0.130. The normalized spacial score (nSPS) is 14.5.